The van der Waals surface area contributed by atoms with Crippen molar-refractivity contribution in [3.8, 4) is 0 Å². The minimum atomic E-state index is -1.17. The summed E-state index contributed by atoms with van der Waals surface area (Å²) < 4.78 is 42.4. The molecule has 2 aromatic carbocycles. The highest BCUT2D eigenvalue weighted by molar-refractivity contribution is 5.82. The summed E-state index contributed by atoms with van der Waals surface area (Å²) in [5.74, 6) is -2.22. The first kappa shape index (κ1) is 23.4. The fourth-order valence-corrected chi connectivity index (χ4v) is 6.03. The zero-order valence-corrected chi connectivity index (χ0v) is 19.2. The second-order valence-electron chi connectivity index (χ2n) is 10.1. The third-order valence-corrected chi connectivity index (χ3v) is 7.81. The van der Waals surface area contributed by atoms with Gasteiger partial charge in [-0.15, -0.1) is 0 Å². The molecule has 3 aromatic rings. The second-order valence-corrected chi connectivity index (χ2v) is 10.1. The van der Waals surface area contributed by atoms with E-state index in [0.717, 1.165) is 60.9 Å². The molecule has 184 valence electrons. The number of fused-ring (bicyclic) bond motifs is 3. The molecule has 1 aromatic heterocycles. The molecule has 2 fully saturated rings. The summed E-state index contributed by atoms with van der Waals surface area (Å²) in [6.45, 7) is 1.55. The van der Waals surface area contributed by atoms with E-state index in [9.17, 15) is 27.6 Å². The van der Waals surface area contributed by atoms with Crippen molar-refractivity contribution in [2.24, 2.45) is 11.3 Å². The zero-order chi connectivity index (χ0) is 24.9. The number of rotatable bonds is 6. The fourth-order valence-electron chi connectivity index (χ4n) is 6.03. The van der Waals surface area contributed by atoms with Gasteiger partial charge in [-0.2, -0.15) is 0 Å². The maximum absolute atomic E-state index is 14.3. The number of amides is 1. The molecule has 0 radical (unpaired) electrons. The van der Waals surface area contributed by atoms with Gasteiger partial charge in [0, 0.05) is 11.6 Å². The lowest BCUT2D eigenvalue weighted by molar-refractivity contribution is -0.126. The molecule has 2 saturated carbocycles. The molecule has 0 saturated heterocycles. The molecule has 2 atom stereocenters. The molecule has 9 heteroatoms. The fraction of sp³-hybridized carbons (Fsp3) is 0.423. The number of aromatic amines is 1. The highest BCUT2D eigenvalue weighted by Gasteiger charge is 2.47. The predicted octanol–water partition coefficient (Wildman–Crippen LogP) is 4.50. The van der Waals surface area contributed by atoms with Crippen molar-refractivity contribution in [3.05, 3.63) is 80.3 Å². The van der Waals surface area contributed by atoms with Gasteiger partial charge in [-0.05, 0) is 81.0 Å². The Kier molecular flexibility index (Phi) is 5.81. The van der Waals surface area contributed by atoms with Gasteiger partial charge in [0.15, 0.2) is 0 Å². The quantitative estimate of drug-likeness (QED) is 0.540. The number of aromatic nitrogens is 2. The maximum Gasteiger partial charge on any atom is 0.329 e. The lowest BCUT2D eigenvalue weighted by Crippen LogP contribution is -2.46. The van der Waals surface area contributed by atoms with Gasteiger partial charge in [-0.1, -0.05) is 6.07 Å². The van der Waals surface area contributed by atoms with Crippen LogP contribution in [-0.4, -0.2) is 15.5 Å². The monoisotopic (exact) mass is 485 g/mol. The van der Waals surface area contributed by atoms with E-state index in [1.165, 1.54) is 12.1 Å². The molecule has 1 amide bonds. The molecule has 0 unspecified atom stereocenters. The Morgan fingerprint density at radius 1 is 1.11 bits per heavy atom. The molecular weight excluding hydrogens is 459 g/mol. The molecule has 2 aliphatic carbocycles. The van der Waals surface area contributed by atoms with Gasteiger partial charge < -0.3 is 10.3 Å². The molecule has 2 N–H and O–H groups in total. The molecule has 2 aliphatic rings. The largest absolute Gasteiger partial charge is 0.348 e. The first-order valence-electron chi connectivity index (χ1n) is 11.9. The average Bonchev–Trinajstić information content (AvgIpc) is 3.40. The van der Waals surface area contributed by atoms with Crippen molar-refractivity contribution < 1.29 is 18.0 Å². The Bertz CT molecular complexity index is 1420. The van der Waals surface area contributed by atoms with Crippen LogP contribution in [0.3, 0.4) is 0 Å². The van der Waals surface area contributed by atoms with Crippen LogP contribution in [0.4, 0.5) is 13.2 Å². The van der Waals surface area contributed by atoms with Crippen molar-refractivity contribution in [1.82, 2.24) is 14.9 Å². The van der Waals surface area contributed by atoms with Crippen molar-refractivity contribution in [3.63, 3.8) is 0 Å². The first-order valence-corrected chi connectivity index (χ1v) is 11.9. The summed E-state index contributed by atoms with van der Waals surface area (Å²) in [7, 11) is 0. The Morgan fingerprint density at radius 3 is 2.46 bits per heavy atom. The van der Waals surface area contributed by atoms with E-state index in [4.69, 9.17) is 0 Å². The highest BCUT2D eigenvalue weighted by Crippen LogP contribution is 2.57. The number of carbonyl (C=O) groups is 1. The van der Waals surface area contributed by atoms with Crippen molar-refractivity contribution in [2.75, 3.05) is 0 Å². The maximum atomic E-state index is 14.3. The van der Waals surface area contributed by atoms with Crippen LogP contribution in [0.2, 0.25) is 0 Å². The molecule has 5 rings (SSSR count). The summed E-state index contributed by atoms with van der Waals surface area (Å²) in [6, 6.07) is 4.57. The number of H-pyrrole nitrogens is 1. The standard InChI is InChI=1S/C26H26F3N3O3/c1-14(18-4-2-17(28)11-20(18)29)30-23(33)22(13-26-8-6-15(12-26)7-9-26)32-24(34)19-10-16(27)3-5-21(19)31-25(32)35/h2-5,10-11,14-15,22H,6-9,12-13H2,1H3,(H,30,33)(H,31,35)/t14-,15?,22-,26?/m0/s1. The van der Waals surface area contributed by atoms with Crippen LogP contribution in [0.25, 0.3) is 10.9 Å². The van der Waals surface area contributed by atoms with Gasteiger partial charge in [0.1, 0.15) is 23.5 Å². The molecule has 6 nitrogen and oxygen atoms in total. The summed E-state index contributed by atoms with van der Waals surface area (Å²) >= 11 is 0. The van der Waals surface area contributed by atoms with Crippen LogP contribution in [0, 0.1) is 28.8 Å². The number of benzene rings is 2. The molecule has 2 bridgehead atoms. The van der Waals surface area contributed by atoms with Crippen LogP contribution in [0.1, 0.15) is 63.1 Å². The topological polar surface area (TPSA) is 84.0 Å². The zero-order valence-electron chi connectivity index (χ0n) is 19.2. The van der Waals surface area contributed by atoms with E-state index in [2.05, 4.69) is 10.3 Å². The molecule has 0 spiro atoms. The average molecular weight is 486 g/mol. The molecule has 35 heavy (non-hydrogen) atoms. The molecular formula is C26H26F3N3O3. The highest BCUT2D eigenvalue weighted by atomic mass is 19.1. The van der Waals surface area contributed by atoms with E-state index in [-0.39, 0.29) is 28.3 Å². The van der Waals surface area contributed by atoms with E-state index in [0.29, 0.717) is 5.92 Å². The summed E-state index contributed by atoms with van der Waals surface area (Å²) in [4.78, 5) is 42.6. The van der Waals surface area contributed by atoms with Gasteiger partial charge in [-0.3, -0.25) is 9.59 Å². The van der Waals surface area contributed by atoms with Crippen LogP contribution in [0.5, 0.6) is 0 Å². The lowest BCUT2D eigenvalue weighted by atomic mass is 9.78. The SMILES string of the molecule is C[C@H](NC(=O)[C@H](CC12CCC(CC1)C2)n1c(=O)[nH]c2ccc(F)cc2c1=O)c1ccc(F)cc1F. The van der Waals surface area contributed by atoms with Crippen molar-refractivity contribution in [1.29, 1.82) is 0 Å². The first-order chi connectivity index (χ1) is 16.7. The molecule has 1 heterocycles. The van der Waals surface area contributed by atoms with Crippen molar-refractivity contribution >= 4 is 16.8 Å². The number of hydrogen-bond donors (Lipinski definition) is 2. The molecule has 0 aliphatic heterocycles. The van der Waals surface area contributed by atoms with Gasteiger partial charge in [0.25, 0.3) is 5.56 Å². The van der Waals surface area contributed by atoms with Gasteiger partial charge in [0.05, 0.1) is 16.9 Å². The Labute approximate surface area is 199 Å². The van der Waals surface area contributed by atoms with E-state index >= 15 is 0 Å². The van der Waals surface area contributed by atoms with Crippen LogP contribution >= 0.6 is 0 Å². The number of carbonyl (C=O) groups excluding carboxylic acids is 1. The number of nitrogens with zero attached hydrogens (tertiary/aromatic N) is 1. The lowest BCUT2D eigenvalue weighted by Gasteiger charge is -2.32. The van der Waals surface area contributed by atoms with Gasteiger partial charge in [-0.25, -0.2) is 22.5 Å². The summed E-state index contributed by atoms with van der Waals surface area (Å²) in [5, 5.41) is 2.68. The predicted molar refractivity (Wildman–Crippen MR) is 124 cm³/mol. The van der Waals surface area contributed by atoms with E-state index in [1.54, 1.807) is 6.92 Å². The smallest absolute Gasteiger partial charge is 0.329 e. The number of halogens is 3. The Morgan fingerprint density at radius 2 is 1.80 bits per heavy atom. The van der Waals surface area contributed by atoms with Crippen LogP contribution in [0.15, 0.2) is 46.0 Å². The minimum absolute atomic E-state index is 0.0340. The third kappa shape index (κ3) is 4.28. The third-order valence-electron chi connectivity index (χ3n) is 7.81. The summed E-state index contributed by atoms with van der Waals surface area (Å²) in [6.07, 6.45) is 5.09. The van der Waals surface area contributed by atoms with E-state index < -0.39 is 46.7 Å². The Hall–Kier alpha value is -3.36. The minimum Gasteiger partial charge on any atom is -0.348 e. The summed E-state index contributed by atoms with van der Waals surface area (Å²) in [5.41, 5.74) is -1.43. The van der Waals surface area contributed by atoms with Crippen molar-refractivity contribution in [2.45, 2.75) is 57.5 Å². The second kappa shape index (κ2) is 8.70. The number of nitrogens with one attached hydrogen (secondary N) is 2. The number of hydrogen-bond acceptors (Lipinski definition) is 3. The van der Waals surface area contributed by atoms with Crippen LogP contribution in [-0.2, 0) is 4.79 Å². The van der Waals surface area contributed by atoms with Gasteiger partial charge >= 0.3 is 5.69 Å². The van der Waals surface area contributed by atoms with E-state index in [1.807, 2.05) is 0 Å². The van der Waals surface area contributed by atoms with Gasteiger partial charge in [0.2, 0.25) is 5.91 Å². The van der Waals surface area contributed by atoms with Crippen LogP contribution < -0.4 is 16.6 Å². The Balaban J connectivity index is 1.55. The normalized spacial score (nSPS) is 22.9.